The second-order valence-corrected chi connectivity index (χ2v) is 9.72. The van der Waals surface area contributed by atoms with Crippen LogP contribution in [-0.2, 0) is 15.9 Å². The summed E-state index contributed by atoms with van der Waals surface area (Å²) in [5.41, 5.74) is -2.11. The number of ether oxygens (including phenoxy) is 1. The molecule has 0 fully saturated rings. The zero-order valence-corrected chi connectivity index (χ0v) is 19.1. The zero-order valence-electron chi connectivity index (χ0n) is 16.7. The molecule has 32 heavy (non-hydrogen) atoms. The molecule has 1 heterocycles. The van der Waals surface area contributed by atoms with Crippen LogP contribution in [0.2, 0.25) is 0 Å². The third-order valence-corrected chi connectivity index (χ3v) is 6.07. The highest BCUT2D eigenvalue weighted by atomic mass is 79.9. The Kier molecular flexibility index (Phi) is 6.56. The summed E-state index contributed by atoms with van der Waals surface area (Å²) < 4.78 is 65.9. The van der Waals surface area contributed by atoms with Crippen molar-refractivity contribution in [2.24, 2.45) is 0 Å². The number of nitrogens with zero attached hydrogens (tertiary/aromatic N) is 2. The van der Waals surface area contributed by atoms with Gasteiger partial charge in [-0.25, -0.2) is 8.99 Å². The monoisotopic (exact) mass is 528 g/mol. The average Bonchev–Trinajstić information content (AvgIpc) is 2.68. The number of amides is 1. The second kappa shape index (κ2) is 8.87. The van der Waals surface area contributed by atoms with E-state index in [2.05, 4.69) is 31.4 Å². The van der Waals surface area contributed by atoms with Crippen LogP contribution in [0.4, 0.5) is 18.9 Å². The number of anilines is 1. The molecular formula is C20H16BrF3N4O3S. The fourth-order valence-electron chi connectivity index (χ4n) is 2.75. The molecule has 2 aromatic carbocycles. The van der Waals surface area contributed by atoms with Gasteiger partial charge in [0, 0.05) is 16.8 Å². The maximum absolute atomic E-state index is 13.4. The first kappa shape index (κ1) is 23.7. The van der Waals surface area contributed by atoms with Crippen LogP contribution in [0.5, 0.6) is 11.6 Å². The lowest BCUT2D eigenvalue weighted by Crippen LogP contribution is -2.21. The highest BCUT2D eigenvalue weighted by molar-refractivity contribution is 9.10. The molecular weight excluding hydrogens is 513 g/mol. The summed E-state index contributed by atoms with van der Waals surface area (Å²) in [6.07, 6.45) is -3.62. The molecule has 0 radical (unpaired) electrons. The Balaban J connectivity index is 2.08. The lowest BCUT2D eigenvalue weighted by atomic mass is 10.1. The van der Waals surface area contributed by atoms with E-state index < -0.39 is 44.5 Å². The van der Waals surface area contributed by atoms with Crippen LogP contribution in [0, 0.1) is 11.7 Å². The number of para-hydroxylation sites is 1. The summed E-state index contributed by atoms with van der Waals surface area (Å²) in [5.74, 6) is -1.14. The van der Waals surface area contributed by atoms with E-state index in [0.29, 0.717) is 4.47 Å². The maximum Gasteiger partial charge on any atom is 0.435 e. The molecule has 7 nitrogen and oxygen atoms in total. The largest absolute Gasteiger partial charge is 0.436 e. The molecule has 0 bridgehead atoms. The molecule has 0 saturated carbocycles. The molecule has 0 aliphatic carbocycles. The van der Waals surface area contributed by atoms with E-state index in [4.69, 9.17) is 9.52 Å². The molecule has 168 valence electrons. The number of halogens is 4. The number of rotatable bonds is 5. The van der Waals surface area contributed by atoms with Crippen molar-refractivity contribution in [3.8, 4) is 11.6 Å². The molecule has 0 aliphatic rings. The number of nitrogens with one attached hydrogen (secondary N) is 2. The molecule has 0 aliphatic heterocycles. The fraction of sp³-hybridized carbons (Fsp3) is 0.150. The third-order valence-electron chi connectivity index (χ3n) is 4.27. The van der Waals surface area contributed by atoms with Crippen molar-refractivity contribution in [3.05, 3.63) is 69.8 Å². The zero-order chi connectivity index (χ0) is 23.7. The standard InChI is InChI=1S/C20H16BrF3N4O3S/c1-11-16(18(29)26-12-6-5-7-13(10-12)32(2,25)30)19(28-27-17(11)20(22,23)24)31-15-9-4-3-8-14(15)21/h3-10,25H,1-2H3,(H,26,29). The normalized spacial score (nSPS) is 13.3. The van der Waals surface area contributed by atoms with E-state index in [0.717, 1.165) is 6.92 Å². The molecule has 1 atom stereocenters. The summed E-state index contributed by atoms with van der Waals surface area (Å²) in [6.45, 7) is 1.10. The summed E-state index contributed by atoms with van der Waals surface area (Å²) in [7, 11) is -3.07. The lowest BCUT2D eigenvalue weighted by Gasteiger charge is -2.16. The number of aromatic nitrogens is 2. The van der Waals surface area contributed by atoms with Gasteiger partial charge < -0.3 is 10.1 Å². The number of hydrogen-bond donors (Lipinski definition) is 2. The minimum Gasteiger partial charge on any atom is -0.436 e. The van der Waals surface area contributed by atoms with Gasteiger partial charge in [-0.3, -0.25) is 4.79 Å². The molecule has 12 heteroatoms. The van der Waals surface area contributed by atoms with Crippen LogP contribution in [-0.4, -0.2) is 26.6 Å². The molecule has 3 aromatic rings. The number of carbonyl (C=O) groups excluding carboxylic acids is 1. The predicted octanol–water partition coefficient (Wildman–Crippen LogP) is 5.65. The Morgan fingerprint density at radius 1 is 1.16 bits per heavy atom. The van der Waals surface area contributed by atoms with Crippen molar-refractivity contribution >= 4 is 37.3 Å². The summed E-state index contributed by atoms with van der Waals surface area (Å²) in [6, 6.07) is 12.2. The predicted molar refractivity (Wildman–Crippen MR) is 115 cm³/mol. The minimum atomic E-state index is -4.84. The van der Waals surface area contributed by atoms with Crippen molar-refractivity contribution in [1.29, 1.82) is 4.78 Å². The smallest absolute Gasteiger partial charge is 0.435 e. The Morgan fingerprint density at radius 2 is 1.84 bits per heavy atom. The fourth-order valence-corrected chi connectivity index (χ4v) is 3.80. The van der Waals surface area contributed by atoms with Gasteiger partial charge in [-0.05, 0) is 58.7 Å². The first-order valence-electron chi connectivity index (χ1n) is 8.90. The molecule has 1 amide bonds. The van der Waals surface area contributed by atoms with E-state index in [1.807, 2.05) is 0 Å². The van der Waals surface area contributed by atoms with E-state index in [1.165, 1.54) is 36.6 Å². The highest BCUT2D eigenvalue weighted by Gasteiger charge is 2.38. The van der Waals surface area contributed by atoms with E-state index in [-0.39, 0.29) is 16.3 Å². The lowest BCUT2D eigenvalue weighted by molar-refractivity contribution is -0.142. The molecule has 1 unspecified atom stereocenters. The minimum absolute atomic E-state index is 0.144. The van der Waals surface area contributed by atoms with Crippen molar-refractivity contribution < 1.29 is 26.9 Å². The highest BCUT2D eigenvalue weighted by Crippen LogP contribution is 2.36. The summed E-state index contributed by atoms with van der Waals surface area (Å²) in [5, 5.41) is 9.18. The van der Waals surface area contributed by atoms with E-state index in [1.54, 1.807) is 18.2 Å². The quantitative estimate of drug-likeness (QED) is 0.445. The van der Waals surface area contributed by atoms with Gasteiger partial charge in [-0.2, -0.15) is 13.2 Å². The van der Waals surface area contributed by atoms with Crippen LogP contribution in [0.15, 0.2) is 57.9 Å². The van der Waals surface area contributed by atoms with Crippen molar-refractivity contribution in [1.82, 2.24) is 10.2 Å². The SMILES string of the molecule is Cc1c(C(F)(F)F)nnc(Oc2ccccc2Br)c1C(=O)Nc1cccc(S(C)(=N)=O)c1. The summed E-state index contributed by atoms with van der Waals surface area (Å²) in [4.78, 5) is 13.2. The van der Waals surface area contributed by atoms with Crippen LogP contribution in [0.25, 0.3) is 0 Å². The van der Waals surface area contributed by atoms with Gasteiger partial charge in [-0.15, -0.1) is 10.2 Å². The average molecular weight is 529 g/mol. The Labute approximate surface area is 190 Å². The molecule has 1 aromatic heterocycles. The van der Waals surface area contributed by atoms with Gasteiger partial charge in [0.15, 0.2) is 5.69 Å². The van der Waals surface area contributed by atoms with Gasteiger partial charge in [0.2, 0.25) is 0 Å². The van der Waals surface area contributed by atoms with Crippen molar-refractivity contribution in [2.45, 2.75) is 18.0 Å². The van der Waals surface area contributed by atoms with Crippen LogP contribution in [0.3, 0.4) is 0 Å². The topological polar surface area (TPSA) is 105 Å². The molecule has 0 saturated heterocycles. The van der Waals surface area contributed by atoms with Crippen LogP contribution >= 0.6 is 15.9 Å². The van der Waals surface area contributed by atoms with Gasteiger partial charge >= 0.3 is 6.18 Å². The van der Waals surface area contributed by atoms with E-state index >= 15 is 0 Å². The first-order valence-corrected chi connectivity index (χ1v) is 11.7. The van der Waals surface area contributed by atoms with Gasteiger partial charge in [0.1, 0.15) is 11.3 Å². The number of benzene rings is 2. The second-order valence-electron chi connectivity index (χ2n) is 6.71. The van der Waals surface area contributed by atoms with Crippen molar-refractivity contribution in [2.75, 3.05) is 11.6 Å². The molecule has 3 rings (SSSR count). The van der Waals surface area contributed by atoms with E-state index in [9.17, 15) is 22.2 Å². The van der Waals surface area contributed by atoms with Gasteiger partial charge in [0.25, 0.3) is 11.8 Å². The van der Waals surface area contributed by atoms with Crippen molar-refractivity contribution in [3.63, 3.8) is 0 Å². The van der Waals surface area contributed by atoms with Crippen LogP contribution < -0.4 is 10.1 Å². The Bertz CT molecular complexity index is 1300. The first-order chi connectivity index (χ1) is 14.9. The Morgan fingerprint density at radius 3 is 2.47 bits per heavy atom. The van der Waals surface area contributed by atoms with Gasteiger partial charge in [0.05, 0.1) is 14.2 Å². The number of carbonyl (C=O) groups is 1. The Hall–Kier alpha value is -2.99. The summed E-state index contributed by atoms with van der Waals surface area (Å²) >= 11 is 3.26. The number of alkyl halides is 3. The maximum atomic E-state index is 13.4. The third kappa shape index (κ3) is 5.25. The molecule has 2 N–H and O–H groups in total. The molecule has 0 spiro atoms. The van der Waals surface area contributed by atoms with Crippen LogP contribution in [0.1, 0.15) is 21.6 Å². The van der Waals surface area contributed by atoms with Gasteiger partial charge in [-0.1, -0.05) is 18.2 Å². The number of hydrogen-bond acceptors (Lipinski definition) is 6.